The third kappa shape index (κ3) is 6.01. The number of hydrogen-bond donors (Lipinski definition) is 0. The first-order valence-electron chi connectivity index (χ1n) is 9.33. The van der Waals surface area contributed by atoms with Crippen molar-refractivity contribution < 1.29 is 9.53 Å². The van der Waals surface area contributed by atoms with Gasteiger partial charge in [0.05, 0.1) is 7.11 Å². The Morgan fingerprint density at radius 1 is 1.32 bits per heavy atom. The fourth-order valence-corrected chi connectivity index (χ4v) is 3.28. The van der Waals surface area contributed by atoms with Crippen molar-refractivity contribution in [3.63, 3.8) is 0 Å². The predicted molar refractivity (Wildman–Crippen MR) is 102 cm³/mol. The first-order chi connectivity index (χ1) is 12.0. The Morgan fingerprint density at radius 3 is 2.84 bits per heavy atom. The molecular weight excluding hydrogens is 314 g/mol. The van der Waals surface area contributed by atoms with Crippen molar-refractivity contribution in [3.05, 3.63) is 29.8 Å². The van der Waals surface area contributed by atoms with Crippen molar-refractivity contribution >= 4 is 5.91 Å². The lowest BCUT2D eigenvalue weighted by Gasteiger charge is -2.38. The van der Waals surface area contributed by atoms with E-state index in [9.17, 15) is 4.79 Å². The van der Waals surface area contributed by atoms with Crippen LogP contribution in [0.1, 0.15) is 31.7 Å². The number of piperazine rings is 1. The van der Waals surface area contributed by atoms with Crippen molar-refractivity contribution in [3.8, 4) is 5.75 Å². The molecule has 1 heterocycles. The van der Waals surface area contributed by atoms with E-state index in [1.165, 1.54) is 0 Å². The molecule has 1 aliphatic heterocycles. The average molecular weight is 348 g/mol. The molecule has 0 aliphatic carbocycles. The maximum absolute atomic E-state index is 13.0. The van der Waals surface area contributed by atoms with Crippen LogP contribution in [0.15, 0.2) is 24.3 Å². The van der Waals surface area contributed by atoms with Crippen LogP contribution in [0.5, 0.6) is 5.75 Å². The lowest BCUT2D eigenvalue weighted by molar-refractivity contribution is -0.133. The van der Waals surface area contributed by atoms with E-state index >= 15 is 0 Å². The molecule has 1 fully saturated rings. The molecular formula is C20H33N3O2. The van der Waals surface area contributed by atoms with Gasteiger partial charge in [-0.1, -0.05) is 25.5 Å². The highest BCUT2D eigenvalue weighted by Crippen LogP contribution is 2.17. The summed E-state index contributed by atoms with van der Waals surface area (Å²) in [6.45, 7) is 6.70. The van der Waals surface area contributed by atoms with Crippen LogP contribution in [0.4, 0.5) is 0 Å². The van der Waals surface area contributed by atoms with Crippen molar-refractivity contribution in [2.75, 3.05) is 47.4 Å². The number of amides is 1. The smallest absolute Gasteiger partial charge is 0.224 e. The zero-order valence-electron chi connectivity index (χ0n) is 16.2. The fraction of sp³-hybridized carbons (Fsp3) is 0.650. The van der Waals surface area contributed by atoms with E-state index in [-0.39, 0.29) is 5.91 Å². The minimum atomic E-state index is 0.253. The van der Waals surface area contributed by atoms with Gasteiger partial charge in [0, 0.05) is 45.2 Å². The molecule has 25 heavy (non-hydrogen) atoms. The number of nitrogens with zero attached hydrogens (tertiary/aromatic N) is 3. The van der Waals surface area contributed by atoms with Gasteiger partial charge in [-0.3, -0.25) is 4.79 Å². The van der Waals surface area contributed by atoms with Crippen LogP contribution in [0.25, 0.3) is 0 Å². The Kier molecular flexibility index (Phi) is 7.72. The Hall–Kier alpha value is -1.59. The molecule has 5 nitrogen and oxygen atoms in total. The molecule has 0 aromatic heterocycles. The maximum atomic E-state index is 13.0. The second kappa shape index (κ2) is 9.78. The second-order valence-corrected chi connectivity index (χ2v) is 7.12. The molecule has 0 bridgehead atoms. The third-order valence-corrected chi connectivity index (χ3v) is 5.03. The largest absolute Gasteiger partial charge is 0.497 e. The Labute approximate surface area is 152 Å². The summed E-state index contributed by atoms with van der Waals surface area (Å²) in [6.07, 6.45) is 2.72. The highest BCUT2D eigenvalue weighted by atomic mass is 16.5. The average Bonchev–Trinajstić information content (AvgIpc) is 2.61. The summed E-state index contributed by atoms with van der Waals surface area (Å²) in [5.74, 6) is 1.09. The molecule has 0 saturated carbocycles. The first-order valence-corrected chi connectivity index (χ1v) is 9.33. The van der Waals surface area contributed by atoms with Gasteiger partial charge in [-0.15, -0.1) is 0 Å². The molecule has 5 heteroatoms. The minimum Gasteiger partial charge on any atom is -0.497 e. The van der Waals surface area contributed by atoms with Gasteiger partial charge in [0.15, 0.2) is 0 Å². The van der Waals surface area contributed by atoms with Crippen molar-refractivity contribution in [2.45, 2.75) is 38.8 Å². The molecule has 1 unspecified atom stereocenters. The summed E-state index contributed by atoms with van der Waals surface area (Å²) in [5, 5.41) is 0. The van der Waals surface area contributed by atoms with E-state index in [0.717, 1.165) is 50.3 Å². The summed E-state index contributed by atoms with van der Waals surface area (Å²) >= 11 is 0. The highest BCUT2D eigenvalue weighted by Gasteiger charge is 2.26. The molecule has 1 atom stereocenters. The third-order valence-electron chi connectivity index (χ3n) is 5.03. The van der Waals surface area contributed by atoms with Crippen LogP contribution in [-0.4, -0.2) is 74.0 Å². The molecule has 1 aromatic carbocycles. The maximum Gasteiger partial charge on any atom is 0.224 e. The topological polar surface area (TPSA) is 36.0 Å². The SMILES string of the molecule is CCCCN(Cc1cccc(OC)c1)C(=O)CC1CN(C)CCN1C. The van der Waals surface area contributed by atoms with E-state index in [4.69, 9.17) is 4.74 Å². The molecule has 140 valence electrons. The Morgan fingerprint density at radius 2 is 2.12 bits per heavy atom. The zero-order valence-corrected chi connectivity index (χ0v) is 16.2. The Balaban J connectivity index is 2.03. The number of methoxy groups -OCH3 is 1. The summed E-state index contributed by atoms with van der Waals surface area (Å²) in [6, 6.07) is 8.32. The van der Waals surface area contributed by atoms with Crippen LogP contribution in [0.2, 0.25) is 0 Å². The van der Waals surface area contributed by atoms with E-state index < -0.39 is 0 Å². The van der Waals surface area contributed by atoms with Gasteiger partial charge in [-0.05, 0) is 38.2 Å². The number of likely N-dealkylation sites (N-methyl/N-ethyl adjacent to an activating group) is 2. The van der Waals surface area contributed by atoms with E-state index in [0.29, 0.717) is 19.0 Å². The molecule has 1 amide bonds. The fourth-order valence-electron chi connectivity index (χ4n) is 3.28. The summed E-state index contributed by atoms with van der Waals surface area (Å²) < 4.78 is 5.31. The molecule has 2 rings (SSSR count). The van der Waals surface area contributed by atoms with Crippen molar-refractivity contribution in [2.24, 2.45) is 0 Å². The van der Waals surface area contributed by atoms with Crippen LogP contribution >= 0.6 is 0 Å². The van der Waals surface area contributed by atoms with Crippen LogP contribution in [-0.2, 0) is 11.3 Å². The lowest BCUT2D eigenvalue weighted by atomic mass is 10.1. The summed E-state index contributed by atoms with van der Waals surface area (Å²) in [7, 11) is 5.94. The summed E-state index contributed by atoms with van der Waals surface area (Å²) in [4.78, 5) is 19.6. The molecule has 0 radical (unpaired) electrons. The highest BCUT2D eigenvalue weighted by molar-refractivity contribution is 5.77. The predicted octanol–water partition coefficient (Wildman–Crippen LogP) is 2.46. The molecule has 1 aromatic rings. The minimum absolute atomic E-state index is 0.253. The van der Waals surface area contributed by atoms with Crippen LogP contribution in [0.3, 0.4) is 0 Å². The molecule has 1 aliphatic rings. The number of ether oxygens (including phenoxy) is 1. The quantitative estimate of drug-likeness (QED) is 0.724. The monoisotopic (exact) mass is 347 g/mol. The standard InChI is InChI=1S/C20H33N3O2/c1-5-6-10-23(15-17-8-7-9-19(13-17)25-4)20(24)14-18-16-21(2)11-12-22(18)3/h7-9,13,18H,5-6,10-12,14-16H2,1-4H3. The van der Waals surface area contributed by atoms with Gasteiger partial charge >= 0.3 is 0 Å². The normalized spacial score (nSPS) is 19.0. The van der Waals surface area contributed by atoms with E-state index in [1.807, 2.05) is 23.1 Å². The molecule has 0 N–H and O–H groups in total. The van der Waals surface area contributed by atoms with Gasteiger partial charge in [0.1, 0.15) is 5.75 Å². The Bertz CT molecular complexity index is 549. The van der Waals surface area contributed by atoms with E-state index in [2.05, 4.69) is 36.9 Å². The number of hydrogen-bond acceptors (Lipinski definition) is 4. The van der Waals surface area contributed by atoms with Gasteiger partial charge in [-0.25, -0.2) is 0 Å². The van der Waals surface area contributed by atoms with Crippen LogP contribution < -0.4 is 4.74 Å². The number of rotatable bonds is 8. The number of unbranched alkanes of at least 4 members (excludes halogenated alkanes) is 1. The number of benzene rings is 1. The second-order valence-electron chi connectivity index (χ2n) is 7.12. The van der Waals surface area contributed by atoms with Crippen LogP contribution in [0, 0.1) is 0 Å². The lowest BCUT2D eigenvalue weighted by Crippen LogP contribution is -2.51. The van der Waals surface area contributed by atoms with Crippen molar-refractivity contribution in [1.29, 1.82) is 0 Å². The summed E-state index contributed by atoms with van der Waals surface area (Å²) in [5.41, 5.74) is 1.12. The van der Waals surface area contributed by atoms with Gasteiger partial charge in [-0.2, -0.15) is 0 Å². The molecule has 0 spiro atoms. The van der Waals surface area contributed by atoms with Gasteiger partial charge in [0.25, 0.3) is 0 Å². The first kappa shape index (κ1) is 19.7. The molecule has 1 saturated heterocycles. The number of carbonyl (C=O) groups excluding carboxylic acids is 1. The zero-order chi connectivity index (χ0) is 18.2. The van der Waals surface area contributed by atoms with E-state index in [1.54, 1.807) is 7.11 Å². The van der Waals surface area contributed by atoms with Crippen molar-refractivity contribution in [1.82, 2.24) is 14.7 Å². The van der Waals surface area contributed by atoms with Gasteiger partial charge < -0.3 is 19.4 Å². The number of carbonyl (C=O) groups is 1. The van der Waals surface area contributed by atoms with Gasteiger partial charge in [0.2, 0.25) is 5.91 Å².